The van der Waals surface area contributed by atoms with E-state index in [0.717, 1.165) is 5.56 Å². The second-order valence-corrected chi connectivity index (χ2v) is 5.38. The molecule has 3 rings (SSSR count). The number of rotatable bonds is 2. The smallest absolute Gasteiger partial charge is 0.255 e. The fourth-order valence-electron chi connectivity index (χ4n) is 2.77. The molecule has 2 N–H and O–H groups in total. The van der Waals surface area contributed by atoms with Crippen LogP contribution in [0.5, 0.6) is 0 Å². The van der Waals surface area contributed by atoms with Gasteiger partial charge in [-0.2, -0.15) is 5.26 Å². The molecule has 2 aromatic rings. The van der Waals surface area contributed by atoms with E-state index in [1.165, 1.54) is 0 Å². The normalized spacial score (nSPS) is 12.8. The SMILES string of the molecule is Cc1c(C#N)cccc1C(=O)Nc1cccc2c1CCNC2=O. The van der Waals surface area contributed by atoms with Gasteiger partial charge in [-0.05, 0) is 48.7 Å². The molecule has 0 aliphatic carbocycles. The molecule has 1 aliphatic heterocycles. The first kappa shape index (κ1) is 14.8. The summed E-state index contributed by atoms with van der Waals surface area (Å²) in [6.07, 6.45) is 0.675. The minimum atomic E-state index is -0.279. The molecule has 0 unspecified atom stereocenters. The van der Waals surface area contributed by atoms with Crippen molar-refractivity contribution in [3.63, 3.8) is 0 Å². The molecular weight excluding hydrogens is 290 g/mol. The topological polar surface area (TPSA) is 82.0 Å². The summed E-state index contributed by atoms with van der Waals surface area (Å²) in [4.78, 5) is 24.4. The van der Waals surface area contributed by atoms with E-state index in [4.69, 9.17) is 5.26 Å². The minimum absolute atomic E-state index is 0.120. The molecule has 0 spiro atoms. The lowest BCUT2D eigenvalue weighted by molar-refractivity contribution is 0.0944. The molecule has 1 aliphatic rings. The van der Waals surface area contributed by atoms with Gasteiger partial charge < -0.3 is 10.6 Å². The van der Waals surface area contributed by atoms with Crippen LogP contribution in [0.4, 0.5) is 5.69 Å². The van der Waals surface area contributed by atoms with Crippen LogP contribution in [0.2, 0.25) is 0 Å². The third-order valence-corrected chi connectivity index (χ3v) is 4.03. The molecular formula is C18H15N3O2. The van der Waals surface area contributed by atoms with Crippen molar-refractivity contribution in [1.29, 1.82) is 5.26 Å². The maximum Gasteiger partial charge on any atom is 0.255 e. The largest absolute Gasteiger partial charge is 0.352 e. The molecule has 114 valence electrons. The summed E-state index contributed by atoms with van der Waals surface area (Å²) in [5, 5.41) is 14.7. The van der Waals surface area contributed by atoms with Gasteiger partial charge in [0.25, 0.3) is 11.8 Å². The van der Waals surface area contributed by atoms with Crippen molar-refractivity contribution < 1.29 is 9.59 Å². The van der Waals surface area contributed by atoms with Gasteiger partial charge in [-0.15, -0.1) is 0 Å². The predicted molar refractivity (Wildman–Crippen MR) is 86.3 cm³/mol. The van der Waals surface area contributed by atoms with Gasteiger partial charge in [0.15, 0.2) is 0 Å². The number of benzene rings is 2. The Labute approximate surface area is 133 Å². The third-order valence-electron chi connectivity index (χ3n) is 4.03. The van der Waals surface area contributed by atoms with Gasteiger partial charge in [-0.25, -0.2) is 0 Å². The van der Waals surface area contributed by atoms with Gasteiger partial charge in [0, 0.05) is 23.4 Å². The first-order chi connectivity index (χ1) is 11.1. The van der Waals surface area contributed by atoms with Crippen LogP contribution in [-0.4, -0.2) is 18.4 Å². The molecule has 5 nitrogen and oxygen atoms in total. The molecule has 5 heteroatoms. The predicted octanol–water partition coefficient (Wildman–Crippen LogP) is 2.40. The lowest BCUT2D eigenvalue weighted by atomic mass is 9.97. The van der Waals surface area contributed by atoms with Crippen LogP contribution in [0.25, 0.3) is 0 Å². The van der Waals surface area contributed by atoms with E-state index in [1.807, 2.05) is 0 Å². The van der Waals surface area contributed by atoms with E-state index in [-0.39, 0.29) is 11.8 Å². The summed E-state index contributed by atoms with van der Waals surface area (Å²) in [6, 6.07) is 12.4. The molecule has 1 heterocycles. The highest BCUT2D eigenvalue weighted by molar-refractivity contribution is 6.07. The maximum absolute atomic E-state index is 12.5. The Kier molecular flexibility index (Phi) is 3.82. The Bertz CT molecular complexity index is 850. The summed E-state index contributed by atoms with van der Waals surface area (Å²) in [7, 11) is 0. The highest BCUT2D eigenvalue weighted by Gasteiger charge is 2.20. The molecule has 0 bridgehead atoms. The number of nitriles is 1. The highest BCUT2D eigenvalue weighted by atomic mass is 16.2. The van der Waals surface area contributed by atoms with Gasteiger partial charge >= 0.3 is 0 Å². The molecule has 23 heavy (non-hydrogen) atoms. The summed E-state index contributed by atoms with van der Waals surface area (Å²) in [6.45, 7) is 2.31. The zero-order chi connectivity index (χ0) is 16.4. The number of carbonyl (C=O) groups is 2. The molecule has 0 atom stereocenters. The van der Waals surface area contributed by atoms with Crippen LogP contribution in [0.1, 0.15) is 37.4 Å². The molecule has 0 saturated heterocycles. The first-order valence-electron chi connectivity index (χ1n) is 7.33. The Morgan fingerprint density at radius 3 is 2.83 bits per heavy atom. The third kappa shape index (κ3) is 2.67. The number of nitrogens with zero attached hydrogens (tertiary/aromatic N) is 1. The highest BCUT2D eigenvalue weighted by Crippen LogP contribution is 2.24. The maximum atomic E-state index is 12.5. The monoisotopic (exact) mass is 305 g/mol. The molecule has 0 fully saturated rings. The fraction of sp³-hybridized carbons (Fsp3) is 0.167. The lowest BCUT2D eigenvalue weighted by Gasteiger charge is -2.20. The summed E-state index contributed by atoms with van der Waals surface area (Å²) >= 11 is 0. The number of fused-ring (bicyclic) bond motifs is 1. The molecule has 0 saturated carbocycles. The van der Waals surface area contributed by atoms with Crippen LogP contribution in [0.15, 0.2) is 36.4 Å². The van der Waals surface area contributed by atoms with Crippen LogP contribution in [-0.2, 0) is 6.42 Å². The van der Waals surface area contributed by atoms with Crippen molar-refractivity contribution in [2.45, 2.75) is 13.3 Å². The van der Waals surface area contributed by atoms with Crippen LogP contribution in [0.3, 0.4) is 0 Å². The van der Waals surface area contributed by atoms with Crippen molar-refractivity contribution in [1.82, 2.24) is 5.32 Å². The molecule has 0 aromatic heterocycles. The average molecular weight is 305 g/mol. The number of nitrogens with one attached hydrogen (secondary N) is 2. The number of carbonyl (C=O) groups excluding carboxylic acids is 2. The van der Waals surface area contributed by atoms with Gasteiger partial charge in [0.05, 0.1) is 11.6 Å². The zero-order valence-corrected chi connectivity index (χ0v) is 12.6. The molecule has 2 aromatic carbocycles. The van der Waals surface area contributed by atoms with E-state index in [2.05, 4.69) is 16.7 Å². The van der Waals surface area contributed by atoms with Crippen molar-refractivity contribution in [3.05, 3.63) is 64.2 Å². The van der Waals surface area contributed by atoms with Crippen molar-refractivity contribution in [2.24, 2.45) is 0 Å². The van der Waals surface area contributed by atoms with E-state index in [9.17, 15) is 9.59 Å². The summed E-state index contributed by atoms with van der Waals surface area (Å²) < 4.78 is 0. The van der Waals surface area contributed by atoms with E-state index < -0.39 is 0 Å². The van der Waals surface area contributed by atoms with Gasteiger partial charge in [0.2, 0.25) is 0 Å². The van der Waals surface area contributed by atoms with Crippen LogP contribution < -0.4 is 10.6 Å². The Morgan fingerprint density at radius 2 is 2.04 bits per heavy atom. The van der Waals surface area contributed by atoms with E-state index >= 15 is 0 Å². The lowest BCUT2D eigenvalue weighted by Crippen LogP contribution is -2.32. The van der Waals surface area contributed by atoms with Crippen LogP contribution in [0, 0.1) is 18.3 Å². The number of anilines is 1. The standard InChI is InChI=1S/C18H15N3O2/c1-11-12(10-19)4-2-5-13(11)18(23)21-16-7-3-6-15-14(16)8-9-20-17(15)22/h2-7H,8-9H2,1H3,(H,20,22)(H,21,23). The van der Waals surface area contributed by atoms with Gasteiger partial charge in [0.1, 0.15) is 0 Å². The Balaban J connectivity index is 1.95. The van der Waals surface area contributed by atoms with E-state index in [0.29, 0.717) is 40.9 Å². The Hall–Kier alpha value is -3.13. The number of hydrogen-bond donors (Lipinski definition) is 2. The van der Waals surface area contributed by atoms with Crippen molar-refractivity contribution in [2.75, 3.05) is 11.9 Å². The number of amides is 2. The number of hydrogen-bond acceptors (Lipinski definition) is 3. The van der Waals surface area contributed by atoms with E-state index in [1.54, 1.807) is 43.3 Å². The summed E-state index contributed by atoms with van der Waals surface area (Å²) in [5.74, 6) is -0.399. The quantitative estimate of drug-likeness (QED) is 0.894. The van der Waals surface area contributed by atoms with Gasteiger partial charge in [-0.1, -0.05) is 12.1 Å². The van der Waals surface area contributed by atoms with Crippen LogP contribution >= 0.6 is 0 Å². The van der Waals surface area contributed by atoms with Gasteiger partial charge in [-0.3, -0.25) is 9.59 Å². The van der Waals surface area contributed by atoms with Crippen molar-refractivity contribution in [3.8, 4) is 6.07 Å². The summed E-state index contributed by atoms with van der Waals surface area (Å²) in [5.41, 5.74) is 3.67. The fourth-order valence-corrected chi connectivity index (χ4v) is 2.77. The Morgan fingerprint density at radius 1 is 1.26 bits per heavy atom. The molecule has 0 radical (unpaired) electrons. The zero-order valence-electron chi connectivity index (χ0n) is 12.6. The second kappa shape index (κ2) is 5.93. The minimum Gasteiger partial charge on any atom is -0.352 e. The second-order valence-electron chi connectivity index (χ2n) is 5.38. The van der Waals surface area contributed by atoms with Crippen molar-refractivity contribution >= 4 is 17.5 Å². The average Bonchev–Trinajstić information content (AvgIpc) is 2.56. The first-order valence-corrected chi connectivity index (χ1v) is 7.33. The molecule has 2 amide bonds.